The van der Waals surface area contributed by atoms with E-state index in [0.717, 1.165) is 38.2 Å². The van der Waals surface area contributed by atoms with Crippen molar-refractivity contribution >= 4 is 11.8 Å². The molecular weight excluding hydrogens is 288 g/mol. The van der Waals surface area contributed by atoms with Crippen molar-refractivity contribution in [1.82, 2.24) is 4.90 Å². The first-order valence-electron chi connectivity index (χ1n) is 8.53. The highest BCUT2D eigenvalue weighted by atomic mass is 16.6. The van der Waals surface area contributed by atoms with Crippen molar-refractivity contribution in [3.63, 3.8) is 0 Å². The van der Waals surface area contributed by atoms with E-state index < -0.39 is 5.60 Å². The summed E-state index contributed by atoms with van der Waals surface area (Å²) in [5.74, 6) is 0.470. The largest absolute Gasteiger partial charge is 0.444 e. The molecule has 1 aromatic rings. The minimum atomic E-state index is -0.429. The zero-order valence-electron chi connectivity index (χ0n) is 15.1. The molecule has 4 nitrogen and oxygen atoms in total. The first-order chi connectivity index (χ1) is 10.7. The van der Waals surface area contributed by atoms with E-state index in [0.29, 0.717) is 5.92 Å². The van der Waals surface area contributed by atoms with Gasteiger partial charge in [-0.05, 0) is 76.6 Å². The van der Waals surface area contributed by atoms with E-state index in [2.05, 4.69) is 37.4 Å². The number of likely N-dealkylation sites (tertiary alicyclic amines) is 1. The number of hydrogen-bond donors (Lipinski definition) is 1. The molecule has 0 saturated carbocycles. The molecule has 1 saturated heterocycles. The summed E-state index contributed by atoms with van der Waals surface area (Å²) in [4.78, 5) is 14.0. The van der Waals surface area contributed by atoms with Crippen molar-refractivity contribution in [3.05, 3.63) is 29.3 Å². The fraction of sp³-hybridized carbons (Fsp3) is 0.632. The van der Waals surface area contributed by atoms with Crippen LogP contribution in [0.1, 0.15) is 44.7 Å². The molecule has 1 N–H and O–H groups in total. The maximum Gasteiger partial charge on any atom is 0.410 e. The number of carbonyl (C=O) groups excluding carboxylic acids is 1. The predicted molar refractivity (Wildman–Crippen MR) is 94.9 cm³/mol. The number of nitrogens with one attached hydrogen (secondary N) is 1. The lowest BCUT2D eigenvalue weighted by Crippen LogP contribution is -2.44. The van der Waals surface area contributed by atoms with Crippen molar-refractivity contribution in [2.75, 3.05) is 25.0 Å². The molecule has 2 rings (SSSR count). The summed E-state index contributed by atoms with van der Waals surface area (Å²) < 4.78 is 5.48. The summed E-state index contributed by atoms with van der Waals surface area (Å²) in [6.45, 7) is 12.4. The highest BCUT2D eigenvalue weighted by molar-refractivity contribution is 5.68. The molecule has 0 radical (unpaired) electrons. The van der Waals surface area contributed by atoms with Gasteiger partial charge in [-0.2, -0.15) is 0 Å². The molecule has 0 bridgehead atoms. The molecule has 1 aromatic carbocycles. The number of aryl methyl sites for hydroxylation is 2. The number of ether oxygens (including phenoxy) is 1. The average molecular weight is 318 g/mol. The molecule has 1 heterocycles. The summed E-state index contributed by atoms with van der Waals surface area (Å²) in [6, 6.07) is 6.45. The Morgan fingerprint density at radius 3 is 2.70 bits per heavy atom. The number of nitrogens with zero attached hydrogens (tertiary/aromatic N) is 1. The van der Waals surface area contributed by atoms with Gasteiger partial charge in [0.15, 0.2) is 0 Å². The van der Waals surface area contributed by atoms with Crippen LogP contribution < -0.4 is 5.32 Å². The zero-order valence-corrected chi connectivity index (χ0v) is 15.1. The van der Waals surface area contributed by atoms with Gasteiger partial charge in [0, 0.05) is 25.3 Å². The molecular formula is C19H30N2O2. The van der Waals surface area contributed by atoms with Crippen molar-refractivity contribution in [2.24, 2.45) is 5.92 Å². The van der Waals surface area contributed by atoms with Crippen molar-refractivity contribution < 1.29 is 9.53 Å². The van der Waals surface area contributed by atoms with Crippen LogP contribution in [-0.2, 0) is 4.74 Å². The van der Waals surface area contributed by atoms with Crippen molar-refractivity contribution in [1.29, 1.82) is 0 Å². The number of piperidine rings is 1. The van der Waals surface area contributed by atoms with Gasteiger partial charge in [0.2, 0.25) is 0 Å². The minimum absolute atomic E-state index is 0.187. The van der Waals surface area contributed by atoms with Crippen molar-refractivity contribution in [3.8, 4) is 0 Å². The molecule has 0 spiro atoms. The predicted octanol–water partition coefficient (Wildman–Crippen LogP) is 4.36. The van der Waals surface area contributed by atoms with Crippen LogP contribution in [0.5, 0.6) is 0 Å². The topological polar surface area (TPSA) is 41.6 Å². The Labute approximate surface area is 140 Å². The Morgan fingerprint density at radius 1 is 1.30 bits per heavy atom. The Morgan fingerprint density at radius 2 is 2.04 bits per heavy atom. The van der Waals surface area contributed by atoms with Crippen molar-refractivity contribution in [2.45, 2.75) is 53.1 Å². The Kier molecular flexibility index (Phi) is 5.55. The average Bonchev–Trinajstić information content (AvgIpc) is 2.47. The third-order valence-corrected chi connectivity index (χ3v) is 4.27. The maximum absolute atomic E-state index is 12.2. The lowest BCUT2D eigenvalue weighted by atomic mass is 9.98. The lowest BCUT2D eigenvalue weighted by Gasteiger charge is -2.34. The number of amides is 1. The Balaban J connectivity index is 1.86. The van der Waals surface area contributed by atoms with E-state index in [-0.39, 0.29) is 6.09 Å². The van der Waals surface area contributed by atoms with Crippen LogP contribution in [0.2, 0.25) is 0 Å². The molecule has 1 aliphatic heterocycles. The monoisotopic (exact) mass is 318 g/mol. The van der Waals surface area contributed by atoms with E-state index >= 15 is 0 Å². The van der Waals surface area contributed by atoms with Gasteiger partial charge in [0.05, 0.1) is 0 Å². The first-order valence-corrected chi connectivity index (χ1v) is 8.53. The van der Waals surface area contributed by atoms with Gasteiger partial charge in [-0.1, -0.05) is 6.07 Å². The van der Waals surface area contributed by atoms with E-state index in [9.17, 15) is 4.79 Å². The van der Waals surface area contributed by atoms with Gasteiger partial charge in [0.25, 0.3) is 0 Å². The van der Waals surface area contributed by atoms with Crippen LogP contribution in [0, 0.1) is 19.8 Å². The number of benzene rings is 1. The molecule has 0 aromatic heterocycles. The molecule has 23 heavy (non-hydrogen) atoms. The van der Waals surface area contributed by atoms with Crippen LogP contribution >= 0.6 is 0 Å². The molecule has 4 heteroatoms. The zero-order chi connectivity index (χ0) is 17.0. The maximum atomic E-state index is 12.2. The summed E-state index contributed by atoms with van der Waals surface area (Å²) in [5, 5.41) is 3.51. The molecule has 1 fully saturated rings. The van der Waals surface area contributed by atoms with E-state index in [1.807, 2.05) is 25.7 Å². The summed E-state index contributed by atoms with van der Waals surface area (Å²) >= 11 is 0. The third-order valence-electron chi connectivity index (χ3n) is 4.27. The highest BCUT2D eigenvalue weighted by Crippen LogP contribution is 2.21. The van der Waals surface area contributed by atoms with Gasteiger partial charge < -0.3 is 15.0 Å². The van der Waals surface area contributed by atoms with E-state index in [1.165, 1.54) is 11.1 Å². The van der Waals surface area contributed by atoms with Gasteiger partial charge in [-0.3, -0.25) is 0 Å². The summed E-state index contributed by atoms with van der Waals surface area (Å²) in [5.41, 5.74) is 3.34. The number of hydrogen-bond acceptors (Lipinski definition) is 3. The summed E-state index contributed by atoms with van der Waals surface area (Å²) in [7, 11) is 0. The third kappa shape index (κ3) is 5.45. The highest BCUT2D eigenvalue weighted by Gasteiger charge is 2.27. The molecule has 128 valence electrons. The second-order valence-corrected chi connectivity index (χ2v) is 7.61. The van der Waals surface area contributed by atoms with Gasteiger partial charge >= 0.3 is 6.09 Å². The van der Waals surface area contributed by atoms with Gasteiger partial charge in [-0.25, -0.2) is 4.79 Å². The Hall–Kier alpha value is -1.71. The second kappa shape index (κ2) is 7.24. The Bertz CT molecular complexity index is 549. The SMILES string of the molecule is Cc1ccc(NCC2CCCN(C(=O)OC(C)(C)C)C2)cc1C. The number of rotatable bonds is 3. The quantitative estimate of drug-likeness (QED) is 0.900. The van der Waals surface area contributed by atoms with Gasteiger partial charge in [-0.15, -0.1) is 0 Å². The standard InChI is InChI=1S/C19H30N2O2/c1-14-8-9-17(11-15(14)2)20-12-16-7-6-10-21(13-16)18(22)23-19(3,4)5/h8-9,11,16,20H,6-7,10,12-13H2,1-5H3. The molecule has 1 amide bonds. The molecule has 1 unspecified atom stereocenters. The first kappa shape index (κ1) is 17.6. The summed E-state index contributed by atoms with van der Waals surface area (Å²) in [6.07, 6.45) is 2.00. The smallest absolute Gasteiger partial charge is 0.410 e. The fourth-order valence-electron chi connectivity index (χ4n) is 2.84. The minimum Gasteiger partial charge on any atom is -0.444 e. The molecule has 1 aliphatic rings. The number of anilines is 1. The van der Waals surface area contributed by atoms with Gasteiger partial charge in [0.1, 0.15) is 5.60 Å². The van der Waals surface area contributed by atoms with Crippen LogP contribution in [-0.4, -0.2) is 36.2 Å². The van der Waals surface area contributed by atoms with Crippen LogP contribution in [0.4, 0.5) is 10.5 Å². The van der Waals surface area contributed by atoms with E-state index in [4.69, 9.17) is 4.74 Å². The fourth-order valence-corrected chi connectivity index (χ4v) is 2.84. The molecule has 1 atom stereocenters. The lowest BCUT2D eigenvalue weighted by molar-refractivity contribution is 0.0172. The normalized spacial score (nSPS) is 18.7. The number of carbonyl (C=O) groups is 1. The molecule has 0 aliphatic carbocycles. The van der Waals surface area contributed by atoms with E-state index in [1.54, 1.807) is 0 Å². The second-order valence-electron chi connectivity index (χ2n) is 7.61. The van der Waals surface area contributed by atoms with Crippen LogP contribution in [0.3, 0.4) is 0 Å². The van der Waals surface area contributed by atoms with Crippen LogP contribution in [0.25, 0.3) is 0 Å². The van der Waals surface area contributed by atoms with Crippen LogP contribution in [0.15, 0.2) is 18.2 Å².